The molecule has 2 saturated heterocycles. The number of likely N-dealkylation sites (tertiary alicyclic amines) is 1. The van der Waals surface area contributed by atoms with Crippen molar-refractivity contribution in [3.05, 3.63) is 59.1 Å². The average molecular weight is 490 g/mol. The average Bonchev–Trinajstić information content (AvgIpc) is 3.37. The van der Waals surface area contributed by atoms with Crippen LogP contribution in [0, 0.1) is 5.92 Å². The van der Waals surface area contributed by atoms with E-state index in [4.69, 9.17) is 11.6 Å². The molecule has 2 aliphatic heterocycles. The number of benzene rings is 2. The highest BCUT2D eigenvalue weighted by molar-refractivity contribution is 7.89. The number of nitrogens with one attached hydrogen (secondary N) is 1. The molecule has 0 aromatic heterocycles. The minimum atomic E-state index is -3.56. The molecule has 1 amide bonds. The highest BCUT2D eigenvalue weighted by Gasteiger charge is 2.28. The van der Waals surface area contributed by atoms with Gasteiger partial charge < -0.3 is 10.2 Å². The summed E-state index contributed by atoms with van der Waals surface area (Å²) in [6.45, 7) is 3.75. The predicted octanol–water partition coefficient (Wildman–Crippen LogP) is 4.41. The Labute approximate surface area is 202 Å². The first-order chi connectivity index (χ1) is 15.9. The van der Waals surface area contributed by atoms with Crippen LogP contribution < -0.4 is 5.32 Å². The third kappa shape index (κ3) is 6.35. The highest BCUT2D eigenvalue weighted by Crippen LogP contribution is 2.29. The van der Waals surface area contributed by atoms with Gasteiger partial charge >= 0.3 is 0 Å². The Morgan fingerprint density at radius 2 is 1.70 bits per heavy atom. The summed E-state index contributed by atoms with van der Waals surface area (Å²) in [6, 6.07) is 15.1. The largest absolute Gasteiger partial charge is 0.325 e. The molecule has 0 unspecified atom stereocenters. The molecule has 2 fully saturated rings. The van der Waals surface area contributed by atoms with E-state index in [0.29, 0.717) is 42.7 Å². The van der Waals surface area contributed by atoms with Crippen LogP contribution in [0.3, 0.4) is 0 Å². The van der Waals surface area contributed by atoms with Crippen molar-refractivity contribution in [1.29, 1.82) is 0 Å². The molecule has 33 heavy (non-hydrogen) atoms. The Hall–Kier alpha value is -1.93. The van der Waals surface area contributed by atoms with Gasteiger partial charge in [0.1, 0.15) is 0 Å². The zero-order valence-electron chi connectivity index (χ0n) is 18.9. The van der Waals surface area contributed by atoms with E-state index in [9.17, 15) is 13.2 Å². The van der Waals surface area contributed by atoms with E-state index >= 15 is 0 Å². The molecular weight excluding hydrogens is 458 g/mol. The van der Waals surface area contributed by atoms with Crippen molar-refractivity contribution in [1.82, 2.24) is 9.21 Å². The normalized spacial score (nSPS) is 18.5. The monoisotopic (exact) mass is 489 g/mol. The second-order valence-corrected chi connectivity index (χ2v) is 11.4. The summed E-state index contributed by atoms with van der Waals surface area (Å²) in [5.74, 6) is 0.538. The molecule has 8 heteroatoms. The van der Waals surface area contributed by atoms with Crippen LogP contribution in [0.5, 0.6) is 0 Å². The molecule has 0 spiro atoms. The van der Waals surface area contributed by atoms with Gasteiger partial charge in [0.05, 0.1) is 15.6 Å². The van der Waals surface area contributed by atoms with Crippen molar-refractivity contribution >= 4 is 33.2 Å². The zero-order valence-corrected chi connectivity index (χ0v) is 20.5. The first kappa shape index (κ1) is 24.2. The molecule has 2 heterocycles. The van der Waals surface area contributed by atoms with Crippen molar-refractivity contribution in [3.63, 3.8) is 0 Å². The lowest BCUT2D eigenvalue weighted by molar-refractivity contribution is -0.116. The van der Waals surface area contributed by atoms with E-state index in [1.807, 2.05) is 6.07 Å². The van der Waals surface area contributed by atoms with Crippen LogP contribution in [0.4, 0.5) is 5.69 Å². The molecular formula is C25H32ClN3O3S. The van der Waals surface area contributed by atoms with Gasteiger partial charge in [-0.25, -0.2) is 8.42 Å². The maximum Gasteiger partial charge on any atom is 0.243 e. The van der Waals surface area contributed by atoms with Crippen molar-refractivity contribution in [3.8, 4) is 0 Å². The van der Waals surface area contributed by atoms with Crippen molar-refractivity contribution in [2.45, 2.75) is 43.4 Å². The van der Waals surface area contributed by atoms with Crippen LogP contribution in [0.25, 0.3) is 0 Å². The zero-order chi connectivity index (χ0) is 23.3. The summed E-state index contributed by atoms with van der Waals surface area (Å²) in [6.07, 6.45) is 5.49. The van der Waals surface area contributed by atoms with Gasteiger partial charge in [0.2, 0.25) is 15.9 Å². The molecule has 0 aliphatic carbocycles. The van der Waals surface area contributed by atoms with Crippen LogP contribution in [-0.2, 0) is 21.2 Å². The number of carbonyl (C=O) groups excluding carboxylic acids is 1. The lowest BCUT2D eigenvalue weighted by Gasteiger charge is -2.31. The van der Waals surface area contributed by atoms with Crippen LogP contribution in [0.2, 0.25) is 5.02 Å². The van der Waals surface area contributed by atoms with Gasteiger partial charge in [-0.1, -0.05) is 41.9 Å². The maximum atomic E-state index is 12.8. The van der Waals surface area contributed by atoms with Gasteiger partial charge in [-0.05, 0) is 74.9 Å². The maximum absolute atomic E-state index is 12.8. The predicted molar refractivity (Wildman–Crippen MR) is 132 cm³/mol. The molecule has 0 bridgehead atoms. The van der Waals surface area contributed by atoms with E-state index in [2.05, 4.69) is 34.5 Å². The van der Waals surface area contributed by atoms with Crippen molar-refractivity contribution in [2.24, 2.45) is 5.92 Å². The molecule has 2 aromatic rings. The second kappa shape index (κ2) is 11.0. The Bertz CT molecular complexity index is 1050. The number of amides is 1. The quantitative estimate of drug-likeness (QED) is 0.596. The standard InChI is InChI=1S/C25H32ClN3O3S/c26-23-9-8-22(33(31,32)29-13-4-5-14-29)19-24(23)27-25(30)12-17-28-15-10-21(11-16-28)18-20-6-2-1-3-7-20/h1-3,6-9,19,21H,4-5,10-18H2,(H,27,30). The molecule has 4 rings (SSSR count). The smallest absolute Gasteiger partial charge is 0.243 e. The van der Waals surface area contributed by atoms with Gasteiger partial charge in [-0.2, -0.15) is 4.31 Å². The van der Waals surface area contributed by atoms with E-state index in [-0.39, 0.29) is 10.8 Å². The summed E-state index contributed by atoms with van der Waals surface area (Å²) >= 11 is 6.25. The molecule has 0 saturated carbocycles. The fourth-order valence-electron chi connectivity index (χ4n) is 4.67. The Morgan fingerprint density at radius 3 is 2.39 bits per heavy atom. The number of nitrogens with zero attached hydrogens (tertiary/aromatic N) is 2. The molecule has 0 radical (unpaired) electrons. The SMILES string of the molecule is O=C(CCN1CCC(Cc2ccccc2)CC1)Nc1cc(S(=O)(=O)N2CCCC2)ccc1Cl. The van der Waals surface area contributed by atoms with Crippen LogP contribution in [-0.4, -0.2) is 56.3 Å². The fraction of sp³-hybridized carbons (Fsp3) is 0.480. The summed E-state index contributed by atoms with van der Waals surface area (Å²) in [5.41, 5.74) is 1.74. The molecule has 1 N–H and O–H groups in total. The Kier molecular flexibility index (Phi) is 8.07. The number of halogens is 1. The van der Waals surface area contributed by atoms with Crippen LogP contribution in [0.15, 0.2) is 53.4 Å². The molecule has 0 atom stereocenters. The van der Waals surface area contributed by atoms with Gasteiger partial charge in [0.25, 0.3) is 0 Å². The summed E-state index contributed by atoms with van der Waals surface area (Å²) in [5, 5.41) is 3.15. The van der Waals surface area contributed by atoms with E-state index in [1.165, 1.54) is 28.1 Å². The number of carbonyl (C=O) groups is 1. The number of piperidine rings is 1. The van der Waals surface area contributed by atoms with Gasteiger partial charge in [0, 0.05) is 26.1 Å². The number of sulfonamides is 1. The number of anilines is 1. The number of hydrogen-bond acceptors (Lipinski definition) is 4. The van der Waals surface area contributed by atoms with E-state index in [1.54, 1.807) is 0 Å². The molecule has 2 aromatic carbocycles. The van der Waals surface area contributed by atoms with E-state index in [0.717, 1.165) is 45.2 Å². The summed E-state index contributed by atoms with van der Waals surface area (Å²) in [4.78, 5) is 15.1. The topological polar surface area (TPSA) is 69.7 Å². The highest BCUT2D eigenvalue weighted by atomic mass is 35.5. The van der Waals surface area contributed by atoms with E-state index < -0.39 is 10.0 Å². The van der Waals surface area contributed by atoms with Crippen molar-refractivity contribution in [2.75, 3.05) is 38.0 Å². The first-order valence-electron chi connectivity index (χ1n) is 11.8. The fourth-order valence-corrected chi connectivity index (χ4v) is 6.38. The molecule has 178 valence electrons. The van der Waals surface area contributed by atoms with Crippen molar-refractivity contribution < 1.29 is 13.2 Å². The molecule has 2 aliphatic rings. The number of hydrogen-bond donors (Lipinski definition) is 1. The third-order valence-electron chi connectivity index (χ3n) is 6.64. The Morgan fingerprint density at radius 1 is 1.00 bits per heavy atom. The third-order valence-corrected chi connectivity index (χ3v) is 8.87. The number of rotatable bonds is 8. The first-order valence-corrected chi connectivity index (χ1v) is 13.6. The molecule has 6 nitrogen and oxygen atoms in total. The lowest BCUT2D eigenvalue weighted by Crippen LogP contribution is -2.36. The minimum Gasteiger partial charge on any atom is -0.325 e. The van der Waals surface area contributed by atoms with Crippen LogP contribution in [0.1, 0.15) is 37.7 Å². The van der Waals surface area contributed by atoms with Gasteiger partial charge in [-0.15, -0.1) is 0 Å². The summed E-state index contributed by atoms with van der Waals surface area (Å²) < 4.78 is 27.1. The summed E-state index contributed by atoms with van der Waals surface area (Å²) in [7, 11) is -3.56. The van der Waals surface area contributed by atoms with Crippen LogP contribution >= 0.6 is 11.6 Å². The van der Waals surface area contributed by atoms with Gasteiger partial charge in [-0.3, -0.25) is 4.79 Å². The lowest BCUT2D eigenvalue weighted by atomic mass is 9.90. The Balaban J connectivity index is 1.26. The van der Waals surface area contributed by atoms with Gasteiger partial charge in [0.15, 0.2) is 0 Å². The second-order valence-electron chi connectivity index (χ2n) is 9.03. The minimum absolute atomic E-state index is 0.154.